The van der Waals surface area contributed by atoms with E-state index >= 15 is 0 Å². The average Bonchev–Trinajstić information content (AvgIpc) is 3.20. The van der Waals surface area contributed by atoms with E-state index in [1.54, 1.807) is 17.7 Å². The number of hydrogen-bond donors (Lipinski definition) is 1. The molecule has 1 aliphatic heterocycles. The van der Waals surface area contributed by atoms with Gasteiger partial charge in [-0.1, -0.05) is 11.6 Å². The van der Waals surface area contributed by atoms with E-state index in [1.807, 2.05) is 11.9 Å². The Balaban J connectivity index is 1.44. The van der Waals surface area contributed by atoms with Crippen molar-refractivity contribution in [3.8, 4) is 0 Å². The van der Waals surface area contributed by atoms with Gasteiger partial charge in [-0.15, -0.1) is 0 Å². The van der Waals surface area contributed by atoms with Gasteiger partial charge < -0.3 is 19.5 Å². The molecule has 1 fully saturated rings. The van der Waals surface area contributed by atoms with Gasteiger partial charge in [0, 0.05) is 39.8 Å². The van der Waals surface area contributed by atoms with Crippen LogP contribution in [-0.4, -0.2) is 61.4 Å². The van der Waals surface area contributed by atoms with Crippen molar-refractivity contribution >= 4 is 11.9 Å². The van der Waals surface area contributed by atoms with E-state index in [1.165, 1.54) is 31.9 Å². The van der Waals surface area contributed by atoms with Crippen LogP contribution in [0, 0.1) is 0 Å². The van der Waals surface area contributed by atoms with E-state index in [4.69, 9.17) is 4.42 Å². The molecule has 25 heavy (non-hydrogen) atoms. The highest BCUT2D eigenvalue weighted by molar-refractivity contribution is 5.91. The fraction of sp³-hybridized carbons (Fsp3) is 0.579. The van der Waals surface area contributed by atoms with Gasteiger partial charge in [-0.05, 0) is 44.2 Å². The quantitative estimate of drug-likeness (QED) is 0.518. The number of amides is 1. The first-order chi connectivity index (χ1) is 12.3. The van der Waals surface area contributed by atoms with Crippen molar-refractivity contribution in [2.75, 3.05) is 39.8 Å². The van der Waals surface area contributed by atoms with Crippen LogP contribution in [0.4, 0.5) is 0 Å². The molecule has 6 heteroatoms. The number of rotatable bonds is 4. The molecule has 2 heterocycles. The molecule has 1 aromatic rings. The molecular formula is C19H28N4O2. The third kappa shape index (κ3) is 4.65. The van der Waals surface area contributed by atoms with Crippen LogP contribution < -0.4 is 5.32 Å². The predicted molar refractivity (Wildman–Crippen MR) is 98.7 cm³/mol. The van der Waals surface area contributed by atoms with Crippen molar-refractivity contribution in [2.24, 2.45) is 4.99 Å². The Bertz CT molecular complexity index is 613. The summed E-state index contributed by atoms with van der Waals surface area (Å²) in [6.45, 7) is 3.87. The van der Waals surface area contributed by atoms with Gasteiger partial charge >= 0.3 is 0 Å². The van der Waals surface area contributed by atoms with Crippen molar-refractivity contribution in [3.05, 3.63) is 35.8 Å². The van der Waals surface area contributed by atoms with E-state index in [9.17, 15) is 4.79 Å². The van der Waals surface area contributed by atoms with Gasteiger partial charge in [0.2, 0.25) is 0 Å². The summed E-state index contributed by atoms with van der Waals surface area (Å²) in [5.41, 5.74) is 1.57. The summed E-state index contributed by atoms with van der Waals surface area (Å²) in [6, 6.07) is 3.46. The minimum atomic E-state index is -0.0307. The SMILES string of the molecule is CN=C(NCCC1=CCCCC1)N1CCN(C(=O)c2ccco2)CC1. The zero-order valence-electron chi connectivity index (χ0n) is 15.0. The Morgan fingerprint density at radius 1 is 1.24 bits per heavy atom. The van der Waals surface area contributed by atoms with Crippen LogP contribution in [0.1, 0.15) is 42.7 Å². The standard InChI is InChI=1S/C19H28N4O2/c1-20-19(21-10-9-16-6-3-2-4-7-16)23-13-11-22(12-14-23)18(24)17-8-5-15-25-17/h5-6,8,15H,2-4,7,9-14H2,1H3,(H,20,21). The van der Waals surface area contributed by atoms with E-state index in [2.05, 4.69) is 21.3 Å². The number of carbonyl (C=O) groups is 1. The predicted octanol–water partition coefficient (Wildman–Crippen LogP) is 2.50. The highest BCUT2D eigenvalue weighted by Gasteiger charge is 2.25. The third-order valence-electron chi connectivity index (χ3n) is 4.92. The summed E-state index contributed by atoms with van der Waals surface area (Å²) in [5, 5.41) is 3.47. The molecule has 0 spiro atoms. The van der Waals surface area contributed by atoms with E-state index in [0.717, 1.165) is 32.0 Å². The highest BCUT2D eigenvalue weighted by atomic mass is 16.3. The molecule has 6 nitrogen and oxygen atoms in total. The van der Waals surface area contributed by atoms with Crippen LogP contribution in [0.2, 0.25) is 0 Å². The van der Waals surface area contributed by atoms with E-state index in [-0.39, 0.29) is 5.91 Å². The number of allylic oxidation sites excluding steroid dienone is 1. The first kappa shape index (κ1) is 17.6. The molecule has 0 saturated carbocycles. The molecule has 0 unspecified atom stereocenters. The highest BCUT2D eigenvalue weighted by Crippen LogP contribution is 2.19. The van der Waals surface area contributed by atoms with Gasteiger partial charge in [0.1, 0.15) is 0 Å². The fourth-order valence-electron chi connectivity index (χ4n) is 3.48. The van der Waals surface area contributed by atoms with Crippen LogP contribution in [0.15, 0.2) is 39.5 Å². The smallest absolute Gasteiger partial charge is 0.289 e. The second kappa shape index (κ2) is 8.74. The van der Waals surface area contributed by atoms with E-state index in [0.29, 0.717) is 18.8 Å². The van der Waals surface area contributed by atoms with Gasteiger partial charge in [-0.2, -0.15) is 0 Å². The van der Waals surface area contributed by atoms with Crippen LogP contribution >= 0.6 is 0 Å². The van der Waals surface area contributed by atoms with Gasteiger partial charge in [0.15, 0.2) is 11.7 Å². The fourth-order valence-corrected chi connectivity index (χ4v) is 3.48. The number of piperazine rings is 1. The zero-order valence-corrected chi connectivity index (χ0v) is 15.0. The van der Waals surface area contributed by atoms with Crippen LogP contribution in [0.25, 0.3) is 0 Å². The van der Waals surface area contributed by atoms with Crippen molar-refractivity contribution in [3.63, 3.8) is 0 Å². The number of carbonyl (C=O) groups excluding carboxylic acids is 1. The molecular weight excluding hydrogens is 316 g/mol. The second-order valence-corrected chi connectivity index (χ2v) is 6.59. The molecule has 0 atom stereocenters. The summed E-state index contributed by atoms with van der Waals surface area (Å²) in [7, 11) is 1.82. The van der Waals surface area contributed by atoms with Crippen molar-refractivity contribution in [2.45, 2.75) is 32.1 Å². The Labute approximate surface area is 149 Å². The van der Waals surface area contributed by atoms with Crippen molar-refractivity contribution in [1.29, 1.82) is 0 Å². The lowest BCUT2D eigenvalue weighted by atomic mass is 9.97. The molecule has 1 saturated heterocycles. The molecule has 0 radical (unpaired) electrons. The van der Waals surface area contributed by atoms with Gasteiger partial charge in [-0.25, -0.2) is 0 Å². The molecule has 1 amide bonds. The second-order valence-electron chi connectivity index (χ2n) is 6.59. The Hall–Kier alpha value is -2.24. The Morgan fingerprint density at radius 3 is 2.68 bits per heavy atom. The minimum Gasteiger partial charge on any atom is -0.459 e. The molecule has 3 rings (SSSR count). The summed E-state index contributed by atoms with van der Waals surface area (Å²) >= 11 is 0. The number of nitrogens with zero attached hydrogens (tertiary/aromatic N) is 3. The summed E-state index contributed by atoms with van der Waals surface area (Å²) in [4.78, 5) is 20.8. The molecule has 1 aliphatic carbocycles. The molecule has 1 N–H and O–H groups in total. The molecule has 1 aromatic heterocycles. The molecule has 0 bridgehead atoms. The number of guanidine groups is 1. The van der Waals surface area contributed by atoms with Gasteiger partial charge in [-0.3, -0.25) is 9.79 Å². The number of furan rings is 1. The zero-order chi connectivity index (χ0) is 17.5. The lowest BCUT2D eigenvalue weighted by molar-refractivity contribution is 0.0658. The van der Waals surface area contributed by atoms with Crippen molar-refractivity contribution < 1.29 is 9.21 Å². The number of aliphatic imine (C=N–C) groups is 1. The lowest BCUT2D eigenvalue weighted by Gasteiger charge is -2.36. The number of nitrogens with one attached hydrogen (secondary N) is 1. The third-order valence-corrected chi connectivity index (χ3v) is 4.92. The van der Waals surface area contributed by atoms with Crippen LogP contribution in [0.5, 0.6) is 0 Å². The normalized spacial score (nSPS) is 18.9. The Morgan fingerprint density at radius 2 is 2.04 bits per heavy atom. The molecule has 0 aromatic carbocycles. The topological polar surface area (TPSA) is 61.1 Å². The summed E-state index contributed by atoms with van der Waals surface area (Å²) < 4.78 is 5.21. The Kier molecular flexibility index (Phi) is 6.14. The monoisotopic (exact) mass is 344 g/mol. The summed E-state index contributed by atoms with van der Waals surface area (Å²) in [5.74, 6) is 1.31. The van der Waals surface area contributed by atoms with Gasteiger partial charge in [0.25, 0.3) is 5.91 Å². The largest absolute Gasteiger partial charge is 0.459 e. The van der Waals surface area contributed by atoms with Crippen LogP contribution in [0.3, 0.4) is 0 Å². The molecule has 2 aliphatic rings. The molecule has 136 valence electrons. The maximum Gasteiger partial charge on any atom is 0.289 e. The minimum absolute atomic E-state index is 0.0307. The first-order valence-corrected chi connectivity index (χ1v) is 9.24. The number of hydrogen-bond acceptors (Lipinski definition) is 3. The first-order valence-electron chi connectivity index (χ1n) is 9.24. The van der Waals surface area contributed by atoms with E-state index < -0.39 is 0 Å². The maximum atomic E-state index is 12.3. The lowest BCUT2D eigenvalue weighted by Crippen LogP contribution is -2.53. The maximum absolute atomic E-state index is 12.3. The van der Waals surface area contributed by atoms with Crippen molar-refractivity contribution in [1.82, 2.24) is 15.1 Å². The average molecular weight is 344 g/mol. The van der Waals surface area contributed by atoms with Gasteiger partial charge in [0.05, 0.1) is 6.26 Å². The summed E-state index contributed by atoms with van der Waals surface area (Å²) in [6.07, 6.45) is 10.2. The van der Waals surface area contributed by atoms with Crippen LogP contribution in [-0.2, 0) is 0 Å².